The van der Waals surface area contributed by atoms with E-state index < -0.39 is 0 Å². The molecule has 0 radical (unpaired) electrons. The second-order valence-electron chi connectivity index (χ2n) is 5.31. The largest absolute Gasteiger partial charge is 0.347 e. The van der Waals surface area contributed by atoms with Crippen LogP contribution in [0.2, 0.25) is 0 Å². The highest BCUT2D eigenvalue weighted by Gasteiger charge is 2.19. The summed E-state index contributed by atoms with van der Waals surface area (Å²) in [4.78, 5) is 20.7. The monoisotopic (exact) mass is 315 g/mol. The summed E-state index contributed by atoms with van der Waals surface area (Å²) in [5.74, 6) is 1.06. The number of pyridine rings is 2. The zero-order chi connectivity index (χ0) is 15.8. The van der Waals surface area contributed by atoms with Crippen LogP contribution in [0.15, 0.2) is 53.8 Å². The Kier molecular flexibility index (Phi) is 6.40. The van der Waals surface area contributed by atoms with E-state index in [2.05, 4.69) is 29.1 Å². The van der Waals surface area contributed by atoms with Crippen LogP contribution in [0, 0.1) is 5.92 Å². The maximum Gasteiger partial charge on any atom is 0.221 e. The van der Waals surface area contributed by atoms with Gasteiger partial charge in [-0.05, 0) is 30.2 Å². The zero-order valence-electron chi connectivity index (χ0n) is 12.9. The van der Waals surface area contributed by atoms with Gasteiger partial charge in [-0.25, -0.2) is 4.98 Å². The first-order valence-corrected chi connectivity index (χ1v) is 8.39. The highest BCUT2D eigenvalue weighted by atomic mass is 32.2. The first-order chi connectivity index (χ1) is 10.7. The molecule has 0 aliphatic rings. The van der Waals surface area contributed by atoms with Gasteiger partial charge in [-0.2, -0.15) is 0 Å². The van der Waals surface area contributed by atoms with Gasteiger partial charge >= 0.3 is 0 Å². The number of amides is 1. The van der Waals surface area contributed by atoms with Gasteiger partial charge in [-0.15, -0.1) is 11.8 Å². The first kappa shape index (κ1) is 16.5. The van der Waals surface area contributed by atoms with Crippen LogP contribution < -0.4 is 5.32 Å². The van der Waals surface area contributed by atoms with Gasteiger partial charge in [-0.3, -0.25) is 9.78 Å². The van der Waals surface area contributed by atoms with Crippen molar-refractivity contribution in [2.24, 2.45) is 5.92 Å². The first-order valence-electron chi connectivity index (χ1n) is 7.41. The molecule has 5 heteroatoms. The molecule has 0 bridgehead atoms. The Morgan fingerprint density at radius 1 is 1.14 bits per heavy atom. The molecule has 1 amide bonds. The number of rotatable bonds is 7. The van der Waals surface area contributed by atoms with Gasteiger partial charge < -0.3 is 5.32 Å². The van der Waals surface area contributed by atoms with Crippen molar-refractivity contribution in [2.75, 3.05) is 5.75 Å². The van der Waals surface area contributed by atoms with Crippen molar-refractivity contribution < 1.29 is 4.79 Å². The van der Waals surface area contributed by atoms with Gasteiger partial charge in [0.15, 0.2) is 0 Å². The fourth-order valence-corrected chi connectivity index (χ4v) is 2.88. The molecule has 2 aromatic rings. The van der Waals surface area contributed by atoms with Gasteiger partial charge in [0.25, 0.3) is 0 Å². The normalized spacial score (nSPS) is 12.1. The van der Waals surface area contributed by atoms with E-state index in [1.165, 1.54) is 0 Å². The van der Waals surface area contributed by atoms with Crippen LogP contribution in [0.25, 0.3) is 0 Å². The lowest BCUT2D eigenvalue weighted by Gasteiger charge is -2.21. The minimum Gasteiger partial charge on any atom is -0.347 e. The van der Waals surface area contributed by atoms with Gasteiger partial charge in [0.1, 0.15) is 0 Å². The van der Waals surface area contributed by atoms with E-state index in [0.29, 0.717) is 12.3 Å². The molecule has 116 valence electrons. The maximum atomic E-state index is 12.1. The molecule has 2 heterocycles. The Morgan fingerprint density at radius 3 is 2.45 bits per heavy atom. The van der Waals surface area contributed by atoms with Crippen molar-refractivity contribution in [1.82, 2.24) is 15.3 Å². The summed E-state index contributed by atoms with van der Waals surface area (Å²) >= 11 is 1.59. The average Bonchev–Trinajstić information content (AvgIpc) is 2.54. The van der Waals surface area contributed by atoms with Crippen molar-refractivity contribution in [2.45, 2.75) is 31.3 Å². The lowest BCUT2D eigenvalue weighted by molar-refractivity contribution is -0.121. The third-order valence-electron chi connectivity index (χ3n) is 3.21. The Balaban J connectivity index is 1.84. The zero-order valence-corrected chi connectivity index (χ0v) is 13.7. The lowest BCUT2D eigenvalue weighted by atomic mass is 10.0. The minimum absolute atomic E-state index is 0.0476. The lowest BCUT2D eigenvalue weighted by Crippen LogP contribution is -2.32. The number of thioether (sulfide) groups is 1. The molecule has 1 N–H and O–H groups in total. The summed E-state index contributed by atoms with van der Waals surface area (Å²) < 4.78 is 0. The minimum atomic E-state index is -0.0476. The maximum absolute atomic E-state index is 12.1. The summed E-state index contributed by atoms with van der Waals surface area (Å²) in [6.07, 6.45) is 3.99. The van der Waals surface area contributed by atoms with Crippen molar-refractivity contribution in [3.63, 3.8) is 0 Å². The molecule has 0 aliphatic carbocycles. The third kappa shape index (κ3) is 5.15. The van der Waals surface area contributed by atoms with Gasteiger partial charge in [0.2, 0.25) is 5.91 Å². The van der Waals surface area contributed by atoms with Gasteiger partial charge in [0, 0.05) is 24.6 Å². The predicted octanol–water partition coefficient (Wildman–Crippen LogP) is 3.47. The number of nitrogens with one attached hydrogen (secondary N) is 1. The summed E-state index contributed by atoms with van der Waals surface area (Å²) in [6.45, 7) is 4.17. The Hall–Kier alpha value is -1.88. The molecule has 22 heavy (non-hydrogen) atoms. The van der Waals surface area contributed by atoms with E-state index in [0.717, 1.165) is 16.5 Å². The summed E-state index contributed by atoms with van der Waals surface area (Å²) in [6, 6.07) is 11.5. The number of aromatic nitrogens is 2. The number of carbonyl (C=O) groups excluding carboxylic acids is 1. The molecule has 0 aromatic carbocycles. The number of carbonyl (C=O) groups is 1. The molecular formula is C17H21N3OS. The van der Waals surface area contributed by atoms with Crippen LogP contribution in [0.3, 0.4) is 0 Å². The van der Waals surface area contributed by atoms with Crippen LogP contribution >= 0.6 is 11.8 Å². The Labute approximate surface area is 135 Å². The predicted molar refractivity (Wildman–Crippen MR) is 89.5 cm³/mol. The number of hydrogen-bond acceptors (Lipinski definition) is 4. The molecule has 2 aromatic heterocycles. The third-order valence-corrected chi connectivity index (χ3v) is 4.15. The SMILES string of the molecule is CC(C)[C@@H](NC(=O)CCSc1ccccn1)c1ccccn1. The smallest absolute Gasteiger partial charge is 0.221 e. The highest BCUT2D eigenvalue weighted by molar-refractivity contribution is 7.99. The van der Waals surface area contributed by atoms with Crippen molar-refractivity contribution in [3.05, 3.63) is 54.5 Å². The second kappa shape index (κ2) is 8.54. The van der Waals surface area contributed by atoms with Crippen molar-refractivity contribution in [3.8, 4) is 0 Å². The molecule has 0 spiro atoms. The molecule has 4 nitrogen and oxygen atoms in total. The topological polar surface area (TPSA) is 54.9 Å². The van der Waals surface area contributed by atoms with E-state index >= 15 is 0 Å². The van der Waals surface area contributed by atoms with Crippen LogP contribution in [-0.2, 0) is 4.79 Å². The van der Waals surface area contributed by atoms with E-state index in [4.69, 9.17) is 0 Å². The van der Waals surface area contributed by atoms with Crippen LogP contribution in [0.4, 0.5) is 0 Å². The van der Waals surface area contributed by atoms with Crippen LogP contribution in [0.1, 0.15) is 32.0 Å². The van der Waals surface area contributed by atoms with E-state index in [1.54, 1.807) is 24.2 Å². The Morgan fingerprint density at radius 2 is 1.86 bits per heavy atom. The van der Waals surface area contributed by atoms with Crippen LogP contribution in [-0.4, -0.2) is 21.6 Å². The summed E-state index contributed by atoms with van der Waals surface area (Å²) in [5.41, 5.74) is 0.906. The summed E-state index contributed by atoms with van der Waals surface area (Å²) in [5, 5.41) is 4.03. The highest BCUT2D eigenvalue weighted by Crippen LogP contribution is 2.20. The van der Waals surface area contributed by atoms with E-state index in [9.17, 15) is 4.79 Å². The average molecular weight is 315 g/mol. The molecule has 0 aliphatic heterocycles. The summed E-state index contributed by atoms with van der Waals surface area (Å²) in [7, 11) is 0. The van der Waals surface area contributed by atoms with Crippen molar-refractivity contribution >= 4 is 17.7 Å². The molecular weight excluding hydrogens is 294 g/mol. The molecule has 1 atom stereocenters. The molecule has 2 rings (SSSR count). The molecule has 0 saturated heterocycles. The van der Waals surface area contributed by atoms with Gasteiger partial charge in [0.05, 0.1) is 16.8 Å². The molecule has 0 saturated carbocycles. The standard InChI is InChI=1S/C17H21N3OS/c1-13(2)17(14-7-3-5-10-18-14)20-15(21)9-12-22-16-8-4-6-11-19-16/h3-8,10-11,13,17H,9,12H2,1-2H3,(H,20,21)/t17-/m1/s1. The second-order valence-corrected chi connectivity index (χ2v) is 6.43. The number of nitrogens with zero attached hydrogens (tertiary/aromatic N) is 2. The Bertz CT molecular complexity index is 575. The van der Waals surface area contributed by atoms with E-state index in [1.807, 2.05) is 36.4 Å². The quantitative estimate of drug-likeness (QED) is 0.795. The number of hydrogen-bond donors (Lipinski definition) is 1. The van der Waals surface area contributed by atoms with Crippen LogP contribution in [0.5, 0.6) is 0 Å². The molecule has 0 unspecified atom stereocenters. The molecule has 0 fully saturated rings. The van der Waals surface area contributed by atoms with E-state index in [-0.39, 0.29) is 11.9 Å². The van der Waals surface area contributed by atoms with Crippen molar-refractivity contribution in [1.29, 1.82) is 0 Å². The fourth-order valence-electron chi connectivity index (χ4n) is 2.07. The fraction of sp³-hybridized carbons (Fsp3) is 0.353. The van der Waals surface area contributed by atoms with Gasteiger partial charge in [-0.1, -0.05) is 26.0 Å².